The fraction of sp³-hybridized carbons (Fsp3) is 0.300. The van der Waals surface area contributed by atoms with Gasteiger partial charge in [-0.25, -0.2) is 4.79 Å². The van der Waals surface area contributed by atoms with E-state index in [2.05, 4.69) is 12.6 Å². The molecule has 0 atom stereocenters. The van der Waals surface area contributed by atoms with E-state index < -0.39 is 0 Å². The molecule has 3 nitrogen and oxygen atoms in total. The minimum atomic E-state index is -0.361. The molecule has 0 radical (unpaired) electrons. The second-order valence-electron chi connectivity index (χ2n) is 3.23. The topological polar surface area (TPSA) is 52.3 Å². The maximum absolute atomic E-state index is 11.4. The average molecular weight is 211 g/mol. The third kappa shape index (κ3) is 2.67. The molecular weight excluding hydrogens is 198 g/mol. The van der Waals surface area contributed by atoms with Gasteiger partial charge in [0.25, 0.3) is 0 Å². The van der Waals surface area contributed by atoms with Crippen LogP contribution in [0.4, 0.5) is 5.69 Å². The van der Waals surface area contributed by atoms with Gasteiger partial charge < -0.3 is 10.5 Å². The Morgan fingerprint density at radius 3 is 2.64 bits per heavy atom. The van der Waals surface area contributed by atoms with Gasteiger partial charge in [-0.3, -0.25) is 0 Å². The van der Waals surface area contributed by atoms with E-state index >= 15 is 0 Å². The van der Waals surface area contributed by atoms with Crippen LogP contribution in [0.3, 0.4) is 0 Å². The molecule has 0 heterocycles. The summed E-state index contributed by atoms with van der Waals surface area (Å²) in [4.78, 5) is 12.1. The van der Waals surface area contributed by atoms with Crippen LogP contribution in [-0.2, 0) is 4.74 Å². The van der Waals surface area contributed by atoms with Gasteiger partial charge in [-0.2, -0.15) is 0 Å². The van der Waals surface area contributed by atoms with Crippen LogP contribution in [0, 0.1) is 0 Å². The number of ether oxygens (including phenoxy) is 1. The van der Waals surface area contributed by atoms with Crippen LogP contribution in [-0.4, -0.2) is 12.1 Å². The van der Waals surface area contributed by atoms with Gasteiger partial charge in [0.05, 0.1) is 11.7 Å². The number of anilines is 1. The predicted octanol–water partition coefficient (Wildman–Crippen LogP) is 2.12. The summed E-state index contributed by atoms with van der Waals surface area (Å²) >= 11 is 4.11. The molecule has 0 aliphatic carbocycles. The molecule has 0 aliphatic heterocycles. The number of carbonyl (C=O) groups is 1. The van der Waals surface area contributed by atoms with Crippen molar-refractivity contribution in [2.24, 2.45) is 0 Å². The Labute approximate surface area is 88.7 Å². The van der Waals surface area contributed by atoms with Crippen molar-refractivity contribution in [1.29, 1.82) is 0 Å². The fourth-order valence-electron chi connectivity index (χ4n) is 0.964. The smallest absolute Gasteiger partial charge is 0.338 e. The second-order valence-corrected chi connectivity index (χ2v) is 3.71. The van der Waals surface area contributed by atoms with E-state index in [0.29, 0.717) is 16.1 Å². The van der Waals surface area contributed by atoms with Crippen molar-refractivity contribution in [2.45, 2.75) is 24.8 Å². The summed E-state index contributed by atoms with van der Waals surface area (Å²) in [6.07, 6.45) is -0.126. The van der Waals surface area contributed by atoms with E-state index in [1.165, 1.54) is 0 Å². The van der Waals surface area contributed by atoms with Gasteiger partial charge in [-0.05, 0) is 32.0 Å². The van der Waals surface area contributed by atoms with E-state index in [1.807, 2.05) is 0 Å². The highest BCUT2D eigenvalue weighted by atomic mass is 32.1. The van der Waals surface area contributed by atoms with Crippen LogP contribution >= 0.6 is 12.6 Å². The first-order valence-corrected chi connectivity index (χ1v) is 4.75. The van der Waals surface area contributed by atoms with Crippen LogP contribution < -0.4 is 5.73 Å². The summed E-state index contributed by atoms with van der Waals surface area (Å²) in [6.45, 7) is 3.60. The van der Waals surface area contributed by atoms with Gasteiger partial charge in [-0.15, -0.1) is 12.6 Å². The van der Waals surface area contributed by atoms with Crippen LogP contribution in [0.15, 0.2) is 23.1 Å². The quantitative estimate of drug-likeness (QED) is 0.447. The average Bonchev–Trinajstić information content (AvgIpc) is 2.08. The number of nitrogen functional groups attached to an aromatic ring is 1. The zero-order chi connectivity index (χ0) is 10.7. The maximum atomic E-state index is 11.4. The van der Waals surface area contributed by atoms with E-state index in [9.17, 15) is 4.79 Å². The van der Waals surface area contributed by atoms with Crippen molar-refractivity contribution in [1.82, 2.24) is 0 Å². The number of hydrogen-bond acceptors (Lipinski definition) is 4. The zero-order valence-corrected chi connectivity index (χ0v) is 9.04. The van der Waals surface area contributed by atoms with Crippen LogP contribution in [0.2, 0.25) is 0 Å². The fourth-order valence-corrected chi connectivity index (χ4v) is 1.10. The molecule has 1 aromatic rings. The van der Waals surface area contributed by atoms with Crippen LogP contribution in [0.25, 0.3) is 0 Å². The standard InChI is InChI=1S/C10H13NO2S/c1-6(2)13-10(12)7-3-4-9(14)8(11)5-7/h3-6,14H,11H2,1-2H3. The molecule has 0 unspecified atom stereocenters. The van der Waals surface area contributed by atoms with Crippen LogP contribution in [0.1, 0.15) is 24.2 Å². The SMILES string of the molecule is CC(C)OC(=O)c1ccc(S)c(N)c1. The van der Waals surface area contributed by atoms with E-state index in [0.717, 1.165) is 0 Å². The molecule has 4 heteroatoms. The van der Waals surface area contributed by atoms with Gasteiger partial charge >= 0.3 is 5.97 Å². The van der Waals surface area contributed by atoms with Gasteiger partial charge in [0.1, 0.15) is 0 Å². The Balaban J connectivity index is 2.86. The van der Waals surface area contributed by atoms with Gasteiger partial charge in [0, 0.05) is 10.6 Å². The molecule has 0 fully saturated rings. The van der Waals surface area contributed by atoms with Crippen molar-refractivity contribution < 1.29 is 9.53 Å². The molecule has 0 spiro atoms. The van der Waals surface area contributed by atoms with Crippen molar-refractivity contribution in [3.05, 3.63) is 23.8 Å². The van der Waals surface area contributed by atoms with Gasteiger partial charge in [0.15, 0.2) is 0 Å². The zero-order valence-electron chi connectivity index (χ0n) is 8.15. The molecule has 0 amide bonds. The normalized spacial score (nSPS) is 10.3. The summed E-state index contributed by atoms with van der Waals surface area (Å²) in [5.74, 6) is -0.361. The van der Waals surface area contributed by atoms with E-state index in [1.54, 1.807) is 32.0 Å². The maximum Gasteiger partial charge on any atom is 0.338 e. The lowest BCUT2D eigenvalue weighted by atomic mass is 10.2. The highest BCUT2D eigenvalue weighted by molar-refractivity contribution is 7.80. The predicted molar refractivity (Wildman–Crippen MR) is 58.7 cm³/mol. The number of nitrogens with two attached hydrogens (primary N) is 1. The number of carbonyl (C=O) groups excluding carboxylic acids is 1. The number of benzene rings is 1. The van der Waals surface area contributed by atoms with Crippen LogP contribution in [0.5, 0.6) is 0 Å². The lowest BCUT2D eigenvalue weighted by Crippen LogP contribution is -2.11. The first kappa shape index (κ1) is 10.9. The van der Waals surface area contributed by atoms with E-state index in [-0.39, 0.29) is 12.1 Å². The van der Waals surface area contributed by atoms with Gasteiger partial charge in [0.2, 0.25) is 0 Å². The summed E-state index contributed by atoms with van der Waals surface area (Å²) in [5, 5.41) is 0. The molecule has 76 valence electrons. The molecule has 0 bridgehead atoms. The Hall–Kier alpha value is -1.16. The molecule has 14 heavy (non-hydrogen) atoms. The Morgan fingerprint density at radius 1 is 1.50 bits per heavy atom. The number of rotatable bonds is 2. The molecule has 0 saturated heterocycles. The third-order valence-electron chi connectivity index (χ3n) is 1.61. The molecule has 2 N–H and O–H groups in total. The first-order valence-electron chi connectivity index (χ1n) is 4.30. The van der Waals surface area contributed by atoms with E-state index in [4.69, 9.17) is 10.5 Å². The second kappa shape index (κ2) is 4.37. The van der Waals surface area contributed by atoms with Crippen molar-refractivity contribution in [2.75, 3.05) is 5.73 Å². The molecule has 0 aliphatic rings. The molecule has 1 aromatic carbocycles. The Bertz CT molecular complexity index is 350. The summed E-state index contributed by atoms with van der Waals surface area (Å²) in [7, 11) is 0. The van der Waals surface area contributed by atoms with Gasteiger partial charge in [-0.1, -0.05) is 0 Å². The largest absolute Gasteiger partial charge is 0.459 e. The lowest BCUT2D eigenvalue weighted by Gasteiger charge is -2.08. The monoisotopic (exact) mass is 211 g/mol. The van der Waals surface area contributed by atoms with Crippen molar-refractivity contribution in [3.63, 3.8) is 0 Å². The molecule has 0 aromatic heterocycles. The number of esters is 1. The van der Waals surface area contributed by atoms with Crippen molar-refractivity contribution >= 4 is 24.3 Å². The summed E-state index contributed by atoms with van der Waals surface area (Å²) < 4.78 is 5.01. The summed E-state index contributed by atoms with van der Waals surface area (Å²) in [5.41, 5.74) is 6.54. The highest BCUT2D eigenvalue weighted by Crippen LogP contribution is 2.18. The Kier molecular flexibility index (Phi) is 3.41. The van der Waals surface area contributed by atoms with Crippen molar-refractivity contribution in [3.8, 4) is 0 Å². The molecule has 1 rings (SSSR count). The Morgan fingerprint density at radius 2 is 2.14 bits per heavy atom. The minimum Gasteiger partial charge on any atom is -0.459 e. The third-order valence-corrected chi connectivity index (χ3v) is 2.01. The summed E-state index contributed by atoms with van der Waals surface area (Å²) in [6, 6.07) is 4.88. The number of thiol groups is 1. The molecular formula is C10H13NO2S. The highest BCUT2D eigenvalue weighted by Gasteiger charge is 2.09. The first-order chi connectivity index (χ1) is 6.50. The number of hydrogen-bond donors (Lipinski definition) is 2. The molecule has 0 saturated carbocycles. The minimum absolute atomic E-state index is 0.126. The lowest BCUT2D eigenvalue weighted by molar-refractivity contribution is 0.0378.